The number of halogens is 2. The maximum atomic E-state index is 13.3. The monoisotopic (exact) mass is 326 g/mol. The van der Waals surface area contributed by atoms with Crippen LogP contribution in [0.5, 0.6) is 0 Å². The Kier molecular flexibility index (Phi) is 4.37. The Morgan fingerprint density at radius 2 is 1.54 bits per heavy atom. The predicted molar refractivity (Wildman–Crippen MR) is 90.9 cm³/mol. The maximum absolute atomic E-state index is 13.3. The van der Waals surface area contributed by atoms with Crippen molar-refractivity contribution in [2.45, 2.75) is 13.8 Å². The van der Waals surface area contributed by atoms with Gasteiger partial charge in [0.1, 0.15) is 18.0 Å². The molecule has 4 nitrogen and oxygen atoms in total. The van der Waals surface area contributed by atoms with Crippen LogP contribution in [0.1, 0.15) is 11.1 Å². The normalized spacial score (nSPS) is 10.5. The molecule has 0 spiro atoms. The van der Waals surface area contributed by atoms with Crippen molar-refractivity contribution in [1.82, 2.24) is 9.97 Å². The molecule has 0 fully saturated rings. The van der Waals surface area contributed by atoms with E-state index < -0.39 is 11.6 Å². The lowest BCUT2D eigenvalue weighted by atomic mass is 10.1. The van der Waals surface area contributed by atoms with E-state index in [9.17, 15) is 8.78 Å². The molecule has 3 rings (SSSR count). The Bertz CT molecular complexity index is 881. The number of benzene rings is 2. The van der Waals surface area contributed by atoms with Gasteiger partial charge in [-0.25, -0.2) is 18.7 Å². The molecule has 0 bridgehead atoms. The Morgan fingerprint density at radius 3 is 2.29 bits per heavy atom. The minimum Gasteiger partial charge on any atom is -0.340 e. The van der Waals surface area contributed by atoms with Crippen LogP contribution < -0.4 is 10.6 Å². The molecule has 6 heteroatoms. The summed E-state index contributed by atoms with van der Waals surface area (Å²) in [5.74, 6) is -0.726. The zero-order valence-corrected chi connectivity index (χ0v) is 13.3. The first-order valence-corrected chi connectivity index (χ1v) is 7.39. The standard InChI is InChI=1S/C18H16F2N4/c1-11-3-4-12(2)16(7-11)24-18-9-17(21-10-22-18)23-13-5-6-14(19)15(20)8-13/h3-10H,1-2H3,(H2,21,22,23,24). The fraction of sp³-hybridized carbons (Fsp3) is 0.111. The first kappa shape index (κ1) is 15.9. The van der Waals surface area contributed by atoms with Gasteiger partial charge in [0.15, 0.2) is 11.6 Å². The fourth-order valence-electron chi connectivity index (χ4n) is 2.22. The summed E-state index contributed by atoms with van der Waals surface area (Å²) in [4.78, 5) is 8.27. The van der Waals surface area contributed by atoms with Gasteiger partial charge in [-0.1, -0.05) is 12.1 Å². The van der Waals surface area contributed by atoms with Crippen LogP contribution >= 0.6 is 0 Å². The molecule has 1 aromatic heterocycles. The molecule has 122 valence electrons. The van der Waals surface area contributed by atoms with E-state index in [4.69, 9.17) is 0 Å². The van der Waals surface area contributed by atoms with Gasteiger partial charge in [0, 0.05) is 23.5 Å². The van der Waals surface area contributed by atoms with Gasteiger partial charge in [-0.05, 0) is 43.2 Å². The number of hydrogen-bond acceptors (Lipinski definition) is 4. The number of hydrogen-bond donors (Lipinski definition) is 2. The molecule has 0 aliphatic carbocycles. The summed E-state index contributed by atoms with van der Waals surface area (Å²) in [5, 5.41) is 6.16. The van der Waals surface area contributed by atoms with Gasteiger partial charge in [-0.15, -0.1) is 0 Å². The number of nitrogens with zero attached hydrogens (tertiary/aromatic N) is 2. The van der Waals surface area contributed by atoms with E-state index in [-0.39, 0.29) is 0 Å². The van der Waals surface area contributed by atoms with Crippen molar-refractivity contribution >= 4 is 23.0 Å². The number of anilines is 4. The zero-order valence-electron chi connectivity index (χ0n) is 13.3. The first-order chi connectivity index (χ1) is 11.5. The van der Waals surface area contributed by atoms with Gasteiger partial charge < -0.3 is 10.6 Å². The Hall–Kier alpha value is -3.02. The van der Waals surface area contributed by atoms with Gasteiger partial charge in [-0.2, -0.15) is 0 Å². The highest BCUT2D eigenvalue weighted by atomic mass is 19.2. The molecular formula is C18H16F2N4. The van der Waals surface area contributed by atoms with Crippen LogP contribution in [0, 0.1) is 25.5 Å². The third-order valence-corrected chi connectivity index (χ3v) is 3.51. The highest BCUT2D eigenvalue weighted by molar-refractivity contribution is 5.65. The minimum atomic E-state index is -0.914. The van der Waals surface area contributed by atoms with E-state index in [0.717, 1.165) is 28.9 Å². The SMILES string of the molecule is Cc1ccc(C)c(Nc2cc(Nc3ccc(F)c(F)c3)ncn2)c1. The molecule has 0 radical (unpaired) electrons. The molecular weight excluding hydrogens is 310 g/mol. The third-order valence-electron chi connectivity index (χ3n) is 3.51. The summed E-state index contributed by atoms with van der Waals surface area (Å²) in [6.07, 6.45) is 1.40. The smallest absolute Gasteiger partial charge is 0.160 e. The van der Waals surface area contributed by atoms with Gasteiger partial charge in [-0.3, -0.25) is 0 Å². The second kappa shape index (κ2) is 6.62. The van der Waals surface area contributed by atoms with Crippen LogP contribution in [0.4, 0.5) is 31.8 Å². The van der Waals surface area contributed by atoms with Gasteiger partial charge in [0.2, 0.25) is 0 Å². The zero-order chi connectivity index (χ0) is 17.1. The van der Waals surface area contributed by atoms with Crippen molar-refractivity contribution in [2.24, 2.45) is 0 Å². The summed E-state index contributed by atoms with van der Waals surface area (Å²) >= 11 is 0. The van der Waals surface area contributed by atoms with Crippen LogP contribution in [-0.2, 0) is 0 Å². The topological polar surface area (TPSA) is 49.8 Å². The van der Waals surface area contributed by atoms with Crippen molar-refractivity contribution in [3.63, 3.8) is 0 Å². The van der Waals surface area contributed by atoms with E-state index >= 15 is 0 Å². The third kappa shape index (κ3) is 3.65. The lowest BCUT2D eigenvalue weighted by Crippen LogP contribution is -2.00. The summed E-state index contributed by atoms with van der Waals surface area (Å²) in [6.45, 7) is 4.02. The number of aromatic nitrogens is 2. The molecule has 0 saturated carbocycles. The lowest BCUT2D eigenvalue weighted by molar-refractivity contribution is 0.509. The van der Waals surface area contributed by atoms with Crippen molar-refractivity contribution < 1.29 is 8.78 Å². The molecule has 2 aromatic carbocycles. The van der Waals surface area contributed by atoms with Gasteiger partial charge in [0.25, 0.3) is 0 Å². The molecule has 0 aliphatic heterocycles. The summed E-state index contributed by atoms with van der Waals surface area (Å²) in [6, 6.07) is 11.4. The molecule has 3 aromatic rings. The molecule has 0 unspecified atom stereocenters. The van der Waals surface area contributed by atoms with Gasteiger partial charge in [0.05, 0.1) is 0 Å². The number of rotatable bonds is 4. The summed E-state index contributed by atoms with van der Waals surface area (Å²) < 4.78 is 26.2. The molecule has 0 amide bonds. The summed E-state index contributed by atoms with van der Waals surface area (Å²) in [5.41, 5.74) is 3.59. The van der Waals surface area contributed by atoms with E-state index in [1.54, 1.807) is 6.07 Å². The molecule has 2 N–H and O–H groups in total. The molecule has 0 atom stereocenters. The summed E-state index contributed by atoms with van der Waals surface area (Å²) in [7, 11) is 0. The Balaban J connectivity index is 1.81. The molecule has 24 heavy (non-hydrogen) atoms. The van der Waals surface area contributed by atoms with Crippen LogP contribution in [0.15, 0.2) is 48.8 Å². The lowest BCUT2D eigenvalue weighted by Gasteiger charge is -2.11. The highest BCUT2D eigenvalue weighted by Gasteiger charge is 2.05. The predicted octanol–water partition coefficient (Wildman–Crippen LogP) is 4.86. The minimum absolute atomic E-state index is 0.408. The van der Waals surface area contributed by atoms with Crippen molar-refractivity contribution in [3.8, 4) is 0 Å². The highest BCUT2D eigenvalue weighted by Crippen LogP contribution is 2.23. The average molecular weight is 326 g/mol. The molecule has 0 aliphatic rings. The average Bonchev–Trinajstić information content (AvgIpc) is 2.55. The van der Waals surface area contributed by atoms with E-state index in [2.05, 4.69) is 20.6 Å². The Morgan fingerprint density at radius 1 is 0.792 bits per heavy atom. The van der Waals surface area contributed by atoms with Crippen LogP contribution in [0.3, 0.4) is 0 Å². The molecule has 1 heterocycles. The van der Waals surface area contributed by atoms with E-state index in [1.807, 2.05) is 32.0 Å². The van der Waals surface area contributed by atoms with E-state index in [0.29, 0.717) is 17.3 Å². The van der Waals surface area contributed by atoms with Crippen LogP contribution in [-0.4, -0.2) is 9.97 Å². The largest absolute Gasteiger partial charge is 0.340 e. The number of nitrogens with one attached hydrogen (secondary N) is 2. The van der Waals surface area contributed by atoms with Crippen molar-refractivity contribution in [2.75, 3.05) is 10.6 Å². The van der Waals surface area contributed by atoms with Crippen LogP contribution in [0.25, 0.3) is 0 Å². The van der Waals surface area contributed by atoms with Crippen molar-refractivity contribution in [1.29, 1.82) is 0 Å². The second-order valence-electron chi connectivity index (χ2n) is 5.49. The number of aryl methyl sites for hydroxylation is 2. The van der Waals surface area contributed by atoms with Gasteiger partial charge >= 0.3 is 0 Å². The quantitative estimate of drug-likeness (QED) is 0.719. The first-order valence-electron chi connectivity index (χ1n) is 7.39. The fourth-order valence-corrected chi connectivity index (χ4v) is 2.22. The van der Waals surface area contributed by atoms with E-state index in [1.165, 1.54) is 12.4 Å². The van der Waals surface area contributed by atoms with Crippen LogP contribution in [0.2, 0.25) is 0 Å². The Labute approximate surface area is 138 Å². The maximum Gasteiger partial charge on any atom is 0.160 e. The second-order valence-corrected chi connectivity index (χ2v) is 5.49. The van der Waals surface area contributed by atoms with Crippen molar-refractivity contribution in [3.05, 3.63) is 71.6 Å². The molecule has 0 saturated heterocycles.